The van der Waals surface area contributed by atoms with Gasteiger partial charge in [-0.2, -0.15) is 0 Å². The maximum Gasteiger partial charge on any atom is 0.200 e. The molecule has 0 saturated carbocycles. The highest BCUT2D eigenvalue weighted by atomic mass is 35.5. The third kappa shape index (κ3) is 2.92. The topological polar surface area (TPSA) is 17.1 Å². The minimum absolute atomic E-state index is 0.134. The minimum atomic E-state index is -0.134. The van der Waals surface area contributed by atoms with Crippen molar-refractivity contribution in [2.45, 2.75) is 6.92 Å². The molecule has 104 valence electrons. The minimum Gasteiger partial charge on any atom is -0.288 e. The van der Waals surface area contributed by atoms with Gasteiger partial charge >= 0.3 is 0 Å². The zero-order valence-corrected chi connectivity index (χ0v) is 13.0. The normalized spacial score (nSPS) is 10.6. The van der Waals surface area contributed by atoms with Gasteiger partial charge in [0, 0.05) is 10.9 Å². The number of benzene rings is 2. The molecule has 3 rings (SSSR count). The van der Waals surface area contributed by atoms with E-state index in [-0.39, 0.29) is 5.43 Å². The Labute approximate surface area is 132 Å². The molecule has 0 saturated heterocycles. The second-order valence-corrected chi connectivity index (χ2v) is 6.28. The maximum absolute atomic E-state index is 12.1. The van der Waals surface area contributed by atoms with Gasteiger partial charge in [0.15, 0.2) is 5.43 Å². The molecule has 1 heterocycles. The number of hydrogen-bond donors (Lipinski definition) is 0. The molecule has 0 atom stereocenters. The van der Waals surface area contributed by atoms with Crippen LogP contribution in [0.2, 0.25) is 5.02 Å². The zero-order valence-electron chi connectivity index (χ0n) is 11.5. The Morgan fingerprint density at radius 2 is 1.57 bits per heavy atom. The van der Waals surface area contributed by atoms with Crippen LogP contribution in [0.3, 0.4) is 0 Å². The molecule has 3 aromatic rings. The summed E-state index contributed by atoms with van der Waals surface area (Å²) in [4.78, 5) is 13.9. The molecule has 1 nitrogen and oxygen atoms in total. The highest BCUT2D eigenvalue weighted by Gasteiger charge is 2.11. The van der Waals surface area contributed by atoms with E-state index in [0.29, 0.717) is 5.02 Å². The van der Waals surface area contributed by atoms with E-state index in [4.69, 9.17) is 11.6 Å². The van der Waals surface area contributed by atoms with Crippen molar-refractivity contribution in [3.05, 3.63) is 81.5 Å². The Balaban J connectivity index is 2.19. The quantitative estimate of drug-likeness (QED) is 0.619. The number of rotatable bonds is 2. The Hall–Kier alpha value is -1.90. The summed E-state index contributed by atoms with van der Waals surface area (Å²) in [7, 11) is 0. The van der Waals surface area contributed by atoms with Crippen LogP contribution < -0.4 is 5.43 Å². The first-order valence-corrected chi connectivity index (χ1v) is 7.81. The molecule has 0 aliphatic carbocycles. The highest BCUT2D eigenvalue weighted by Crippen LogP contribution is 2.35. The first-order valence-electron chi connectivity index (χ1n) is 6.61. The molecule has 3 heteroatoms. The second kappa shape index (κ2) is 5.84. The smallest absolute Gasteiger partial charge is 0.200 e. The van der Waals surface area contributed by atoms with Gasteiger partial charge < -0.3 is 0 Å². The summed E-state index contributed by atoms with van der Waals surface area (Å²) in [6.45, 7) is 2.05. The summed E-state index contributed by atoms with van der Waals surface area (Å²) in [5.41, 5.74) is 3.07. The van der Waals surface area contributed by atoms with Crippen molar-refractivity contribution in [3.8, 4) is 20.9 Å². The molecule has 0 bridgehead atoms. The van der Waals surface area contributed by atoms with Gasteiger partial charge in [0.25, 0.3) is 0 Å². The molecule has 0 aliphatic rings. The summed E-state index contributed by atoms with van der Waals surface area (Å²) < 4.78 is 0. The van der Waals surface area contributed by atoms with Gasteiger partial charge in [-0.25, -0.2) is 0 Å². The van der Waals surface area contributed by atoms with Gasteiger partial charge in [-0.15, -0.1) is 11.3 Å². The standard InChI is InChI=1S/C18H13ClOS/c1-12-7-9-13(10-8-12)16-11-15(20)17(19)18(21-16)14-5-3-2-4-6-14/h2-11H,1H3. The molecule has 2 aromatic carbocycles. The molecular weight excluding hydrogens is 300 g/mol. The van der Waals surface area contributed by atoms with Crippen LogP contribution in [0.5, 0.6) is 0 Å². The number of aryl methyl sites for hydroxylation is 1. The van der Waals surface area contributed by atoms with E-state index in [9.17, 15) is 4.79 Å². The molecule has 0 spiro atoms. The third-order valence-electron chi connectivity index (χ3n) is 3.26. The van der Waals surface area contributed by atoms with Crippen molar-refractivity contribution in [1.29, 1.82) is 0 Å². The fourth-order valence-electron chi connectivity index (χ4n) is 2.11. The molecule has 1 aromatic heterocycles. The van der Waals surface area contributed by atoms with Gasteiger partial charge in [0.05, 0.1) is 4.88 Å². The molecule has 0 radical (unpaired) electrons. The number of halogens is 1. The van der Waals surface area contributed by atoms with Gasteiger partial charge in [0.1, 0.15) is 5.02 Å². The van der Waals surface area contributed by atoms with E-state index in [2.05, 4.69) is 0 Å². The van der Waals surface area contributed by atoms with Crippen molar-refractivity contribution in [2.24, 2.45) is 0 Å². The van der Waals surface area contributed by atoms with Crippen molar-refractivity contribution >= 4 is 22.9 Å². The third-order valence-corrected chi connectivity index (χ3v) is 4.97. The number of hydrogen-bond acceptors (Lipinski definition) is 2. The molecule has 0 aliphatic heterocycles. The van der Waals surface area contributed by atoms with Gasteiger partial charge in [-0.3, -0.25) is 4.79 Å². The Morgan fingerprint density at radius 3 is 2.24 bits per heavy atom. The van der Waals surface area contributed by atoms with Crippen molar-refractivity contribution in [2.75, 3.05) is 0 Å². The zero-order chi connectivity index (χ0) is 14.8. The van der Waals surface area contributed by atoms with Gasteiger partial charge in [0.2, 0.25) is 0 Å². The molecule has 0 N–H and O–H groups in total. The van der Waals surface area contributed by atoms with E-state index >= 15 is 0 Å². The van der Waals surface area contributed by atoms with E-state index < -0.39 is 0 Å². The Bertz CT molecular complexity index is 820. The van der Waals surface area contributed by atoms with Crippen molar-refractivity contribution in [1.82, 2.24) is 0 Å². The highest BCUT2D eigenvalue weighted by molar-refractivity contribution is 7.19. The van der Waals surface area contributed by atoms with Crippen LogP contribution >= 0.6 is 22.9 Å². The Kier molecular flexibility index (Phi) is 3.91. The predicted molar refractivity (Wildman–Crippen MR) is 91.2 cm³/mol. The van der Waals surface area contributed by atoms with Gasteiger partial charge in [-0.05, 0) is 18.1 Å². The second-order valence-electron chi connectivity index (χ2n) is 4.85. The average molecular weight is 313 g/mol. The summed E-state index contributed by atoms with van der Waals surface area (Å²) in [6.07, 6.45) is 0. The summed E-state index contributed by atoms with van der Waals surface area (Å²) in [5.74, 6) is 0. The molecule has 21 heavy (non-hydrogen) atoms. The lowest BCUT2D eigenvalue weighted by Gasteiger charge is -2.07. The van der Waals surface area contributed by atoms with Crippen LogP contribution in [0, 0.1) is 6.92 Å². The lowest BCUT2D eigenvalue weighted by molar-refractivity contribution is 1.47. The molecular formula is C18H13ClOS. The first kappa shape index (κ1) is 14.1. The van der Waals surface area contributed by atoms with E-state index in [1.807, 2.05) is 61.5 Å². The van der Waals surface area contributed by atoms with Crippen LogP contribution in [-0.2, 0) is 0 Å². The molecule has 0 unspecified atom stereocenters. The van der Waals surface area contributed by atoms with Crippen LogP contribution in [0.15, 0.2) is 65.5 Å². The van der Waals surface area contributed by atoms with Gasteiger partial charge in [-0.1, -0.05) is 71.8 Å². The fourth-order valence-corrected chi connectivity index (χ4v) is 3.48. The lowest BCUT2D eigenvalue weighted by Crippen LogP contribution is -2.00. The molecule has 0 amide bonds. The summed E-state index contributed by atoms with van der Waals surface area (Å²) in [5, 5.41) is 0.294. The van der Waals surface area contributed by atoms with E-state index in [0.717, 1.165) is 20.9 Å². The van der Waals surface area contributed by atoms with Crippen LogP contribution in [0.4, 0.5) is 0 Å². The molecule has 0 fully saturated rings. The average Bonchev–Trinajstić information content (AvgIpc) is 2.51. The fraction of sp³-hybridized carbons (Fsp3) is 0.0556. The van der Waals surface area contributed by atoms with Crippen molar-refractivity contribution < 1.29 is 0 Å². The largest absolute Gasteiger partial charge is 0.288 e. The monoisotopic (exact) mass is 312 g/mol. The maximum atomic E-state index is 12.1. The van der Waals surface area contributed by atoms with Crippen LogP contribution in [0.25, 0.3) is 20.9 Å². The SMILES string of the molecule is Cc1ccc(-c2cc(=O)c(Cl)c(-c3ccccc3)s2)cc1. The first-order chi connectivity index (χ1) is 10.1. The van der Waals surface area contributed by atoms with E-state index in [1.54, 1.807) is 17.4 Å². The van der Waals surface area contributed by atoms with Crippen molar-refractivity contribution in [3.63, 3.8) is 0 Å². The summed E-state index contributed by atoms with van der Waals surface area (Å²) >= 11 is 7.75. The van der Waals surface area contributed by atoms with Crippen LogP contribution in [-0.4, -0.2) is 0 Å². The van der Waals surface area contributed by atoms with E-state index in [1.165, 1.54) is 5.56 Å². The predicted octanol–water partition coefficient (Wildman–Crippen LogP) is 5.40. The lowest BCUT2D eigenvalue weighted by atomic mass is 10.1. The Morgan fingerprint density at radius 1 is 0.905 bits per heavy atom. The summed E-state index contributed by atoms with van der Waals surface area (Å²) in [6, 6.07) is 19.5. The van der Waals surface area contributed by atoms with Crippen LogP contribution in [0.1, 0.15) is 5.56 Å².